The van der Waals surface area contributed by atoms with Gasteiger partial charge in [0.05, 0.1) is 0 Å². The van der Waals surface area contributed by atoms with Crippen molar-refractivity contribution < 1.29 is 13.7 Å². The van der Waals surface area contributed by atoms with Gasteiger partial charge in [0.25, 0.3) is 0 Å². The topological polar surface area (TPSA) is 55.4 Å². The number of ether oxygens (including phenoxy) is 1. The van der Waals surface area contributed by atoms with Gasteiger partial charge < -0.3 is 10.1 Å². The van der Waals surface area contributed by atoms with Gasteiger partial charge in [-0.2, -0.15) is 0 Å². The lowest BCUT2D eigenvalue weighted by Crippen LogP contribution is -2.32. The molecule has 1 saturated heterocycles. The first kappa shape index (κ1) is 10.7. The van der Waals surface area contributed by atoms with Gasteiger partial charge in [-0.05, 0) is 12.8 Å². The van der Waals surface area contributed by atoms with Crippen molar-refractivity contribution in [2.75, 3.05) is 26.0 Å². The molecule has 5 heteroatoms. The van der Waals surface area contributed by atoms with Crippen LogP contribution in [-0.4, -0.2) is 41.4 Å². The van der Waals surface area contributed by atoms with E-state index in [0.717, 1.165) is 12.8 Å². The van der Waals surface area contributed by atoms with Crippen LogP contribution >= 0.6 is 0 Å². The Morgan fingerprint density at radius 2 is 2.15 bits per heavy atom. The third-order valence-electron chi connectivity index (χ3n) is 2.09. The van der Waals surface area contributed by atoms with Crippen LogP contribution in [-0.2, 0) is 20.3 Å². The second-order valence-electron chi connectivity index (χ2n) is 3.01. The van der Waals surface area contributed by atoms with Gasteiger partial charge in [0.1, 0.15) is 5.75 Å². The SMILES string of the molecule is CNC(=O)CS(=O)C1CCOCC1. The molecule has 0 radical (unpaired) electrons. The monoisotopic (exact) mass is 205 g/mol. The van der Waals surface area contributed by atoms with E-state index >= 15 is 0 Å². The maximum absolute atomic E-state index is 11.6. The van der Waals surface area contributed by atoms with Gasteiger partial charge in [-0.25, -0.2) is 0 Å². The molecule has 1 amide bonds. The summed E-state index contributed by atoms with van der Waals surface area (Å²) in [6, 6.07) is 0. The molecule has 1 rings (SSSR count). The fourth-order valence-electron chi connectivity index (χ4n) is 1.26. The van der Waals surface area contributed by atoms with Crippen molar-refractivity contribution in [3.63, 3.8) is 0 Å². The molecule has 1 atom stereocenters. The van der Waals surface area contributed by atoms with Gasteiger partial charge in [0, 0.05) is 36.3 Å². The van der Waals surface area contributed by atoms with Crippen molar-refractivity contribution in [1.29, 1.82) is 0 Å². The molecular weight excluding hydrogens is 190 g/mol. The minimum Gasteiger partial charge on any atom is -0.381 e. The summed E-state index contributed by atoms with van der Waals surface area (Å²) in [5.41, 5.74) is 0. The van der Waals surface area contributed by atoms with E-state index in [0.29, 0.717) is 13.2 Å². The molecule has 0 aliphatic carbocycles. The zero-order chi connectivity index (χ0) is 9.68. The molecule has 0 spiro atoms. The summed E-state index contributed by atoms with van der Waals surface area (Å²) in [5.74, 6) is -0.0222. The van der Waals surface area contributed by atoms with E-state index in [1.54, 1.807) is 7.05 Å². The molecule has 0 bridgehead atoms. The first-order valence-corrected chi connectivity index (χ1v) is 5.77. The largest absolute Gasteiger partial charge is 0.381 e. The first-order valence-electron chi connectivity index (χ1n) is 4.39. The van der Waals surface area contributed by atoms with Crippen molar-refractivity contribution in [1.82, 2.24) is 5.32 Å². The van der Waals surface area contributed by atoms with E-state index < -0.39 is 10.8 Å². The third kappa shape index (κ3) is 3.44. The molecule has 4 nitrogen and oxygen atoms in total. The van der Waals surface area contributed by atoms with Gasteiger partial charge >= 0.3 is 0 Å². The molecule has 0 aromatic rings. The summed E-state index contributed by atoms with van der Waals surface area (Å²) in [7, 11) is 0.531. The number of nitrogens with one attached hydrogen (secondary N) is 1. The summed E-state index contributed by atoms with van der Waals surface area (Å²) in [5, 5.41) is 2.62. The number of hydrogen-bond donors (Lipinski definition) is 1. The number of amides is 1. The molecule has 76 valence electrons. The van der Waals surface area contributed by atoms with Gasteiger partial charge in [0.2, 0.25) is 5.91 Å². The van der Waals surface area contributed by atoms with Gasteiger partial charge in [0.15, 0.2) is 0 Å². The molecule has 1 aliphatic heterocycles. The molecule has 1 aliphatic rings. The molecule has 1 fully saturated rings. The molecule has 13 heavy (non-hydrogen) atoms. The molecular formula is C8H15NO3S. The van der Waals surface area contributed by atoms with Crippen LogP contribution in [0.15, 0.2) is 0 Å². The number of hydrogen-bond acceptors (Lipinski definition) is 3. The fraction of sp³-hybridized carbons (Fsp3) is 0.875. The standard InChI is InChI=1S/C8H15NO3S/c1-9-8(10)6-13(11)7-2-4-12-5-3-7/h7H,2-6H2,1H3,(H,9,10). The Kier molecular flexibility index (Phi) is 4.38. The van der Waals surface area contributed by atoms with Crippen molar-refractivity contribution >= 4 is 16.7 Å². The lowest BCUT2D eigenvalue weighted by molar-refractivity contribution is -0.118. The fourth-order valence-corrected chi connectivity index (χ4v) is 2.61. The van der Waals surface area contributed by atoms with Crippen molar-refractivity contribution in [3.8, 4) is 0 Å². The molecule has 0 aromatic heterocycles. The van der Waals surface area contributed by atoms with Gasteiger partial charge in [-0.15, -0.1) is 0 Å². The average molecular weight is 205 g/mol. The highest BCUT2D eigenvalue weighted by molar-refractivity contribution is 7.86. The molecule has 1 heterocycles. The van der Waals surface area contributed by atoms with Gasteiger partial charge in [-0.1, -0.05) is 0 Å². The Morgan fingerprint density at radius 1 is 1.54 bits per heavy atom. The highest BCUT2D eigenvalue weighted by Gasteiger charge is 2.21. The Labute approximate surface area is 80.5 Å². The van der Waals surface area contributed by atoms with E-state index in [1.807, 2.05) is 0 Å². The van der Waals surface area contributed by atoms with E-state index in [2.05, 4.69) is 5.32 Å². The minimum atomic E-state index is -1.03. The highest BCUT2D eigenvalue weighted by atomic mass is 32.2. The quantitative estimate of drug-likeness (QED) is 0.686. The van der Waals surface area contributed by atoms with Crippen LogP contribution in [0.5, 0.6) is 0 Å². The smallest absolute Gasteiger partial charge is 0.232 e. The van der Waals surface area contributed by atoms with Crippen molar-refractivity contribution in [2.24, 2.45) is 0 Å². The Bertz CT molecular complexity index is 202. The van der Waals surface area contributed by atoms with E-state index in [9.17, 15) is 9.00 Å². The summed E-state index contributed by atoms with van der Waals surface area (Å²) in [6.45, 7) is 1.34. The predicted molar refractivity (Wildman–Crippen MR) is 50.9 cm³/mol. The number of carbonyl (C=O) groups excluding carboxylic acids is 1. The predicted octanol–water partition coefficient (Wildman–Crippen LogP) is -0.340. The van der Waals surface area contributed by atoms with Crippen LogP contribution < -0.4 is 5.32 Å². The average Bonchev–Trinajstić information content (AvgIpc) is 2.19. The first-order chi connectivity index (χ1) is 6.24. The highest BCUT2D eigenvalue weighted by Crippen LogP contribution is 2.12. The maximum atomic E-state index is 11.6. The second-order valence-corrected chi connectivity index (χ2v) is 4.73. The Balaban J connectivity index is 2.33. The summed E-state index contributed by atoms with van der Waals surface area (Å²) in [4.78, 5) is 10.9. The lowest BCUT2D eigenvalue weighted by atomic mass is 10.2. The van der Waals surface area contributed by atoms with Crippen LogP contribution in [0.25, 0.3) is 0 Å². The van der Waals surface area contributed by atoms with Crippen LogP contribution in [0.2, 0.25) is 0 Å². The van der Waals surface area contributed by atoms with E-state index in [1.165, 1.54) is 0 Å². The molecule has 1 unspecified atom stereocenters. The molecule has 0 saturated carbocycles. The van der Waals surface area contributed by atoms with Crippen LogP contribution in [0.1, 0.15) is 12.8 Å². The summed E-state index contributed by atoms with van der Waals surface area (Å²) in [6.07, 6.45) is 1.62. The third-order valence-corrected chi connectivity index (χ3v) is 3.85. The van der Waals surface area contributed by atoms with Crippen LogP contribution in [0.3, 0.4) is 0 Å². The van der Waals surface area contributed by atoms with Crippen molar-refractivity contribution in [2.45, 2.75) is 18.1 Å². The number of rotatable bonds is 3. The molecule has 1 N–H and O–H groups in total. The van der Waals surface area contributed by atoms with E-state index in [-0.39, 0.29) is 16.9 Å². The zero-order valence-electron chi connectivity index (χ0n) is 7.75. The Morgan fingerprint density at radius 3 is 2.69 bits per heavy atom. The van der Waals surface area contributed by atoms with Crippen molar-refractivity contribution in [3.05, 3.63) is 0 Å². The lowest BCUT2D eigenvalue weighted by Gasteiger charge is -2.20. The maximum Gasteiger partial charge on any atom is 0.232 e. The minimum absolute atomic E-state index is 0.126. The zero-order valence-corrected chi connectivity index (χ0v) is 8.56. The second kappa shape index (κ2) is 5.34. The summed E-state index contributed by atoms with van der Waals surface area (Å²) >= 11 is 0. The van der Waals surface area contributed by atoms with Crippen LogP contribution in [0.4, 0.5) is 0 Å². The van der Waals surface area contributed by atoms with E-state index in [4.69, 9.17) is 4.74 Å². The Hall–Kier alpha value is -0.420. The number of carbonyl (C=O) groups is 1. The molecule has 0 aromatic carbocycles. The van der Waals surface area contributed by atoms with Gasteiger partial charge in [-0.3, -0.25) is 9.00 Å². The normalized spacial score (nSPS) is 21.0. The summed E-state index contributed by atoms with van der Waals surface area (Å²) < 4.78 is 16.7. The van der Waals surface area contributed by atoms with Crippen LogP contribution in [0, 0.1) is 0 Å².